The van der Waals surface area contributed by atoms with E-state index in [9.17, 15) is 4.79 Å². The molecule has 2 rings (SSSR count). The Morgan fingerprint density at radius 2 is 2.14 bits per heavy atom. The molecule has 0 spiro atoms. The van der Waals surface area contributed by atoms with E-state index in [1.54, 1.807) is 11.3 Å². The molecule has 7 heteroatoms. The highest BCUT2D eigenvalue weighted by Crippen LogP contribution is 2.29. The molecule has 21 heavy (non-hydrogen) atoms. The molecule has 114 valence electrons. The molecule has 2 heterocycles. The Hall–Kier alpha value is -1.60. The van der Waals surface area contributed by atoms with Crippen molar-refractivity contribution < 1.29 is 4.79 Å². The van der Waals surface area contributed by atoms with E-state index in [2.05, 4.69) is 4.98 Å². The number of hydrogen-bond acceptors (Lipinski definition) is 6. The summed E-state index contributed by atoms with van der Waals surface area (Å²) < 4.78 is 0. The van der Waals surface area contributed by atoms with Crippen LogP contribution in [0.25, 0.3) is 0 Å². The number of anilines is 2. The lowest BCUT2D eigenvalue weighted by atomic mass is 10.2. The maximum Gasteiger partial charge on any atom is 0.268 e. The van der Waals surface area contributed by atoms with Crippen LogP contribution in [0.1, 0.15) is 28.4 Å². The molecule has 2 N–H and O–H groups in total. The molecule has 0 aliphatic rings. The Kier molecular flexibility index (Phi) is 4.84. The van der Waals surface area contributed by atoms with Gasteiger partial charge in [-0.3, -0.25) is 4.79 Å². The Morgan fingerprint density at radius 3 is 2.62 bits per heavy atom. The molecule has 5 nitrogen and oxygen atoms in total. The third-order valence-electron chi connectivity index (χ3n) is 3.01. The predicted molar refractivity (Wildman–Crippen MR) is 90.2 cm³/mol. The van der Waals surface area contributed by atoms with E-state index in [4.69, 9.17) is 5.73 Å². The summed E-state index contributed by atoms with van der Waals surface area (Å²) in [6, 6.07) is 4.13. The van der Waals surface area contributed by atoms with Gasteiger partial charge in [-0.15, -0.1) is 11.3 Å². The molecule has 0 aliphatic carbocycles. The third kappa shape index (κ3) is 3.54. The molecule has 0 atom stereocenters. The first kappa shape index (κ1) is 15.8. The molecular weight excluding hydrogens is 304 g/mol. The zero-order chi connectivity index (χ0) is 15.6. The number of rotatable bonds is 5. The molecule has 2 aromatic rings. The minimum atomic E-state index is -0.0542. The molecule has 0 radical (unpaired) electrons. The van der Waals surface area contributed by atoms with Gasteiger partial charge < -0.3 is 15.5 Å². The number of carbonyl (C=O) groups excluding carboxylic acids is 1. The first-order chi connectivity index (χ1) is 9.90. The van der Waals surface area contributed by atoms with Crippen LogP contribution >= 0.6 is 22.7 Å². The fourth-order valence-electron chi connectivity index (χ4n) is 1.85. The standard InChI is InChI=1S/C14H20N4OS2/c1-9(2)18(8-10-6-5-7-20-10)13(19)11-12(15)16-14(21-11)17(3)4/h5-7,9H,8,15H2,1-4H3. The minimum Gasteiger partial charge on any atom is -0.382 e. The van der Waals surface area contributed by atoms with Crippen LogP contribution in [0, 0.1) is 0 Å². The second-order valence-electron chi connectivity index (χ2n) is 5.21. The quantitative estimate of drug-likeness (QED) is 0.918. The van der Waals surface area contributed by atoms with Crippen LogP contribution in [0.5, 0.6) is 0 Å². The summed E-state index contributed by atoms with van der Waals surface area (Å²) in [6.45, 7) is 4.62. The number of aromatic nitrogens is 1. The van der Waals surface area contributed by atoms with Crippen LogP contribution < -0.4 is 10.6 Å². The lowest BCUT2D eigenvalue weighted by Crippen LogP contribution is -2.36. The van der Waals surface area contributed by atoms with Gasteiger partial charge >= 0.3 is 0 Å². The van der Waals surface area contributed by atoms with E-state index < -0.39 is 0 Å². The molecule has 0 saturated carbocycles. The maximum absolute atomic E-state index is 12.8. The number of carbonyl (C=O) groups is 1. The fraction of sp³-hybridized carbons (Fsp3) is 0.429. The number of thiazole rings is 1. The van der Waals surface area contributed by atoms with Crippen LogP contribution in [-0.4, -0.2) is 35.9 Å². The molecule has 0 saturated heterocycles. The number of nitrogen functional groups attached to an aromatic ring is 1. The van der Waals surface area contributed by atoms with Gasteiger partial charge in [-0.25, -0.2) is 4.98 Å². The average Bonchev–Trinajstić information content (AvgIpc) is 3.04. The number of nitrogens with two attached hydrogens (primary N) is 1. The second kappa shape index (κ2) is 6.44. The van der Waals surface area contributed by atoms with Gasteiger partial charge in [-0.05, 0) is 25.3 Å². The highest BCUT2D eigenvalue weighted by atomic mass is 32.1. The zero-order valence-electron chi connectivity index (χ0n) is 12.7. The molecule has 0 unspecified atom stereocenters. The van der Waals surface area contributed by atoms with Crippen molar-refractivity contribution >= 4 is 39.5 Å². The van der Waals surface area contributed by atoms with Crippen molar-refractivity contribution in [3.8, 4) is 0 Å². The van der Waals surface area contributed by atoms with E-state index in [-0.39, 0.29) is 11.9 Å². The molecule has 0 aromatic carbocycles. The molecule has 0 bridgehead atoms. The van der Waals surface area contributed by atoms with Crippen LogP contribution in [0.3, 0.4) is 0 Å². The second-order valence-corrected chi connectivity index (χ2v) is 7.22. The van der Waals surface area contributed by atoms with Crippen molar-refractivity contribution in [3.05, 3.63) is 27.3 Å². The van der Waals surface area contributed by atoms with Gasteiger partial charge in [-0.1, -0.05) is 17.4 Å². The van der Waals surface area contributed by atoms with Crippen molar-refractivity contribution in [2.24, 2.45) is 0 Å². The minimum absolute atomic E-state index is 0.0542. The fourth-order valence-corrected chi connectivity index (χ4v) is 3.42. The third-order valence-corrected chi connectivity index (χ3v) is 5.10. The number of thiophene rings is 1. The van der Waals surface area contributed by atoms with E-state index in [0.717, 1.165) is 10.0 Å². The summed E-state index contributed by atoms with van der Waals surface area (Å²) in [7, 11) is 3.77. The Balaban J connectivity index is 2.26. The number of nitrogens with zero attached hydrogens (tertiary/aromatic N) is 3. The van der Waals surface area contributed by atoms with Crippen LogP contribution in [0.4, 0.5) is 10.9 Å². The van der Waals surface area contributed by atoms with Gasteiger partial charge in [0.1, 0.15) is 10.7 Å². The SMILES string of the molecule is CC(C)N(Cc1cccs1)C(=O)c1sc(N(C)C)nc1N. The van der Waals surface area contributed by atoms with Gasteiger partial charge in [0.25, 0.3) is 5.91 Å². The van der Waals surface area contributed by atoms with Gasteiger partial charge in [0, 0.05) is 25.0 Å². The molecule has 1 amide bonds. The highest BCUT2D eigenvalue weighted by Gasteiger charge is 2.25. The molecule has 0 aliphatic heterocycles. The summed E-state index contributed by atoms with van der Waals surface area (Å²) in [5, 5.41) is 2.76. The zero-order valence-corrected chi connectivity index (χ0v) is 14.3. The van der Waals surface area contributed by atoms with Crippen molar-refractivity contribution in [1.29, 1.82) is 0 Å². The smallest absolute Gasteiger partial charge is 0.268 e. The summed E-state index contributed by atoms with van der Waals surface area (Å²) in [4.78, 5) is 22.4. The van der Waals surface area contributed by atoms with Crippen LogP contribution in [-0.2, 0) is 6.54 Å². The summed E-state index contributed by atoms with van der Waals surface area (Å²) in [6.07, 6.45) is 0. The van der Waals surface area contributed by atoms with E-state index >= 15 is 0 Å². The van der Waals surface area contributed by atoms with Crippen LogP contribution in [0.15, 0.2) is 17.5 Å². The predicted octanol–water partition coefficient (Wildman–Crippen LogP) is 2.90. The Bertz CT molecular complexity index is 605. The van der Waals surface area contributed by atoms with Gasteiger partial charge in [-0.2, -0.15) is 0 Å². The average molecular weight is 324 g/mol. The van der Waals surface area contributed by atoms with Crippen molar-refractivity contribution in [2.45, 2.75) is 26.4 Å². The maximum atomic E-state index is 12.8. The van der Waals surface area contributed by atoms with E-state index in [1.165, 1.54) is 11.3 Å². The number of hydrogen-bond donors (Lipinski definition) is 1. The summed E-state index contributed by atoms with van der Waals surface area (Å²) in [5.74, 6) is 0.257. The van der Waals surface area contributed by atoms with Gasteiger partial charge in [0.05, 0.1) is 6.54 Å². The largest absolute Gasteiger partial charge is 0.382 e. The van der Waals surface area contributed by atoms with Crippen molar-refractivity contribution in [3.63, 3.8) is 0 Å². The monoisotopic (exact) mass is 324 g/mol. The molecule has 2 aromatic heterocycles. The molecular formula is C14H20N4OS2. The van der Waals surface area contributed by atoms with Gasteiger partial charge in [0.15, 0.2) is 5.13 Å². The number of amides is 1. The normalized spacial score (nSPS) is 10.9. The van der Waals surface area contributed by atoms with E-state index in [0.29, 0.717) is 17.2 Å². The molecule has 0 fully saturated rings. The van der Waals surface area contributed by atoms with Crippen molar-refractivity contribution in [2.75, 3.05) is 24.7 Å². The first-order valence-electron chi connectivity index (χ1n) is 6.67. The first-order valence-corrected chi connectivity index (χ1v) is 8.36. The van der Waals surface area contributed by atoms with Gasteiger partial charge in [0.2, 0.25) is 0 Å². The Morgan fingerprint density at radius 1 is 1.43 bits per heavy atom. The Labute approximate surface area is 133 Å². The van der Waals surface area contributed by atoms with Crippen LogP contribution in [0.2, 0.25) is 0 Å². The lowest BCUT2D eigenvalue weighted by molar-refractivity contribution is 0.0698. The van der Waals surface area contributed by atoms with E-state index in [1.807, 2.05) is 55.3 Å². The summed E-state index contributed by atoms with van der Waals surface area (Å²) >= 11 is 2.99. The summed E-state index contributed by atoms with van der Waals surface area (Å²) in [5.41, 5.74) is 5.92. The highest BCUT2D eigenvalue weighted by molar-refractivity contribution is 7.18. The van der Waals surface area contributed by atoms with Crippen molar-refractivity contribution in [1.82, 2.24) is 9.88 Å². The topological polar surface area (TPSA) is 62.5 Å². The lowest BCUT2D eigenvalue weighted by Gasteiger charge is -2.25.